The highest BCUT2D eigenvalue weighted by atomic mass is 14.7. The maximum atomic E-state index is 6.41. The van der Waals surface area contributed by atoms with Gasteiger partial charge in [0.2, 0.25) is 0 Å². The van der Waals surface area contributed by atoms with Crippen molar-refractivity contribution >= 4 is 0 Å². The number of rotatable bonds is 3. The summed E-state index contributed by atoms with van der Waals surface area (Å²) in [5.41, 5.74) is 7.91. The maximum absolute atomic E-state index is 6.41. The van der Waals surface area contributed by atoms with Gasteiger partial charge < -0.3 is 5.73 Å². The van der Waals surface area contributed by atoms with Gasteiger partial charge in [0.1, 0.15) is 0 Å². The third kappa shape index (κ3) is 1.89. The van der Waals surface area contributed by atoms with Crippen LogP contribution in [0.1, 0.15) is 43.6 Å². The highest BCUT2D eigenvalue weighted by molar-refractivity contribution is 5.26. The predicted molar refractivity (Wildman–Crippen MR) is 67.2 cm³/mol. The van der Waals surface area contributed by atoms with Gasteiger partial charge in [-0.3, -0.25) is 0 Å². The molecule has 0 radical (unpaired) electrons. The summed E-state index contributed by atoms with van der Waals surface area (Å²) >= 11 is 0. The van der Waals surface area contributed by atoms with Crippen molar-refractivity contribution in [1.82, 2.24) is 0 Å². The lowest BCUT2D eigenvalue weighted by Gasteiger charge is -2.18. The molecule has 0 spiro atoms. The van der Waals surface area contributed by atoms with Crippen molar-refractivity contribution in [2.45, 2.75) is 44.1 Å². The van der Waals surface area contributed by atoms with Crippen LogP contribution in [0, 0.1) is 11.8 Å². The van der Waals surface area contributed by atoms with E-state index in [0.29, 0.717) is 6.04 Å². The Kier molecular flexibility index (Phi) is 2.72. The fourth-order valence-corrected chi connectivity index (χ4v) is 3.42. The molecular weight excluding hydrogens is 194 g/mol. The lowest BCUT2D eigenvalue weighted by molar-refractivity contribution is 0.390. The van der Waals surface area contributed by atoms with E-state index in [1.54, 1.807) is 0 Å². The van der Waals surface area contributed by atoms with Gasteiger partial charge in [0.25, 0.3) is 0 Å². The molecule has 0 amide bonds. The minimum Gasteiger partial charge on any atom is -0.327 e. The van der Waals surface area contributed by atoms with Crippen LogP contribution in [0.5, 0.6) is 0 Å². The van der Waals surface area contributed by atoms with Gasteiger partial charge in [-0.2, -0.15) is 0 Å². The van der Waals surface area contributed by atoms with Crippen LogP contribution in [0.3, 0.4) is 0 Å². The third-order valence-electron chi connectivity index (χ3n) is 4.51. The molecule has 0 bridgehead atoms. The van der Waals surface area contributed by atoms with E-state index in [0.717, 1.165) is 17.8 Å². The van der Waals surface area contributed by atoms with Crippen molar-refractivity contribution < 1.29 is 0 Å². The zero-order chi connectivity index (χ0) is 11.0. The SMILES string of the molecule is NC(C1CCCC1)C1CC1c1ccccc1. The molecule has 1 aromatic carbocycles. The number of benzene rings is 1. The van der Waals surface area contributed by atoms with E-state index in [2.05, 4.69) is 30.3 Å². The summed E-state index contributed by atoms with van der Waals surface area (Å²) in [6.45, 7) is 0. The minimum absolute atomic E-state index is 0.465. The van der Waals surface area contributed by atoms with Crippen LogP contribution in [0.15, 0.2) is 30.3 Å². The Hall–Kier alpha value is -0.820. The third-order valence-corrected chi connectivity index (χ3v) is 4.51. The largest absolute Gasteiger partial charge is 0.327 e. The van der Waals surface area contributed by atoms with E-state index in [1.165, 1.54) is 37.7 Å². The molecule has 0 heterocycles. The molecule has 3 unspecified atom stereocenters. The number of hydrogen-bond acceptors (Lipinski definition) is 1. The summed E-state index contributed by atoms with van der Waals surface area (Å²) in [7, 11) is 0. The Labute approximate surface area is 98.0 Å². The first-order chi connectivity index (χ1) is 7.86. The van der Waals surface area contributed by atoms with E-state index >= 15 is 0 Å². The molecule has 0 aliphatic heterocycles. The molecule has 2 aliphatic carbocycles. The van der Waals surface area contributed by atoms with Crippen LogP contribution in [0.25, 0.3) is 0 Å². The standard InChI is InChI=1S/C15H21N/c16-15(12-8-4-5-9-12)14-10-13(14)11-6-2-1-3-7-11/h1-3,6-7,12-15H,4-5,8-10,16H2. The second kappa shape index (κ2) is 4.21. The number of nitrogens with two attached hydrogens (primary N) is 1. The second-order valence-electron chi connectivity index (χ2n) is 5.54. The molecule has 0 aromatic heterocycles. The topological polar surface area (TPSA) is 26.0 Å². The highest BCUT2D eigenvalue weighted by Gasteiger charge is 2.45. The average Bonchev–Trinajstić information content (AvgIpc) is 2.95. The molecule has 2 aliphatic rings. The molecule has 3 rings (SSSR count). The molecule has 16 heavy (non-hydrogen) atoms. The van der Waals surface area contributed by atoms with E-state index in [9.17, 15) is 0 Å². The van der Waals surface area contributed by atoms with Gasteiger partial charge in [-0.05, 0) is 42.6 Å². The van der Waals surface area contributed by atoms with Gasteiger partial charge in [-0.1, -0.05) is 43.2 Å². The van der Waals surface area contributed by atoms with Gasteiger partial charge >= 0.3 is 0 Å². The van der Waals surface area contributed by atoms with Gasteiger partial charge in [0, 0.05) is 6.04 Å². The highest BCUT2D eigenvalue weighted by Crippen LogP contribution is 2.51. The summed E-state index contributed by atoms with van der Waals surface area (Å²) in [5, 5.41) is 0. The summed E-state index contributed by atoms with van der Waals surface area (Å²) in [5.74, 6) is 2.35. The van der Waals surface area contributed by atoms with Gasteiger partial charge in [-0.15, -0.1) is 0 Å². The van der Waals surface area contributed by atoms with E-state index < -0.39 is 0 Å². The van der Waals surface area contributed by atoms with E-state index in [4.69, 9.17) is 5.73 Å². The first kappa shape index (κ1) is 10.3. The van der Waals surface area contributed by atoms with Crippen molar-refractivity contribution in [2.75, 3.05) is 0 Å². The van der Waals surface area contributed by atoms with Crippen molar-refractivity contribution in [3.63, 3.8) is 0 Å². The first-order valence-corrected chi connectivity index (χ1v) is 6.67. The van der Waals surface area contributed by atoms with Gasteiger partial charge in [-0.25, -0.2) is 0 Å². The van der Waals surface area contributed by atoms with Crippen molar-refractivity contribution in [3.8, 4) is 0 Å². The van der Waals surface area contributed by atoms with E-state index in [-0.39, 0.29) is 0 Å². The first-order valence-electron chi connectivity index (χ1n) is 6.67. The molecule has 3 atom stereocenters. The van der Waals surface area contributed by atoms with Gasteiger partial charge in [0.05, 0.1) is 0 Å². The molecule has 1 nitrogen and oxygen atoms in total. The second-order valence-corrected chi connectivity index (χ2v) is 5.54. The summed E-state index contributed by atoms with van der Waals surface area (Å²) in [6, 6.07) is 11.4. The number of hydrogen-bond donors (Lipinski definition) is 1. The quantitative estimate of drug-likeness (QED) is 0.822. The Morgan fingerprint density at radius 1 is 1.06 bits per heavy atom. The molecular formula is C15H21N. The monoisotopic (exact) mass is 215 g/mol. The predicted octanol–water partition coefficient (Wildman–Crippen LogP) is 3.31. The van der Waals surface area contributed by atoms with Crippen LogP contribution < -0.4 is 5.73 Å². The Bertz CT molecular complexity index is 340. The molecule has 0 saturated heterocycles. The van der Waals surface area contributed by atoms with Crippen molar-refractivity contribution in [1.29, 1.82) is 0 Å². The van der Waals surface area contributed by atoms with Crippen LogP contribution in [0.4, 0.5) is 0 Å². The lowest BCUT2D eigenvalue weighted by atomic mass is 9.93. The minimum atomic E-state index is 0.465. The molecule has 1 aromatic rings. The van der Waals surface area contributed by atoms with Gasteiger partial charge in [0.15, 0.2) is 0 Å². The lowest BCUT2D eigenvalue weighted by Crippen LogP contribution is -2.31. The Morgan fingerprint density at radius 3 is 2.44 bits per heavy atom. The Morgan fingerprint density at radius 2 is 1.75 bits per heavy atom. The fraction of sp³-hybridized carbons (Fsp3) is 0.600. The summed E-state index contributed by atoms with van der Waals surface area (Å²) in [6.07, 6.45) is 6.88. The summed E-state index contributed by atoms with van der Waals surface area (Å²) in [4.78, 5) is 0. The van der Waals surface area contributed by atoms with Crippen LogP contribution in [0.2, 0.25) is 0 Å². The Balaban J connectivity index is 1.63. The average molecular weight is 215 g/mol. The molecule has 2 fully saturated rings. The van der Waals surface area contributed by atoms with Crippen molar-refractivity contribution in [3.05, 3.63) is 35.9 Å². The molecule has 2 saturated carbocycles. The maximum Gasteiger partial charge on any atom is 0.0102 e. The van der Waals surface area contributed by atoms with Crippen molar-refractivity contribution in [2.24, 2.45) is 17.6 Å². The van der Waals surface area contributed by atoms with Crippen LogP contribution in [-0.4, -0.2) is 6.04 Å². The normalized spacial score (nSPS) is 31.6. The van der Waals surface area contributed by atoms with E-state index in [1.807, 2.05) is 0 Å². The molecule has 2 N–H and O–H groups in total. The smallest absolute Gasteiger partial charge is 0.0102 e. The summed E-state index contributed by atoms with van der Waals surface area (Å²) < 4.78 is 0. The van der Waals surface area contributed by atoms with Crippen LogP contribution in [-0.2, 0) is 0 Å². The fourth-order valence-electron chi connectivity index (χ4n) is 3.42. The zero-order valence-electron chi connectivity index (χ0n) is 9.81. The zero-order valence-corrected chi connectivity index (χ0v) is 9.81. The molecule has 1 heteroatoms. The van der Waals surface area contributed by atoms with Crippen LogP contribution >= 0.6 is 0 Å². The molecule has 86 valence electrons.